The van der Waals surface area contributed by atoms with E-state index in [1.54, 1.807) is 12.1 Å². The van der Waals surface area contributed by atoms with Crippen molar-refractivity contribution in [1.29, 1.82) is 0 Å². The monoisotopic (exact) mass is 186 g/mol. The molecule has 1 aromatic carbocycles. The topological polar surface area (TPSA) is 47.6 Å². The number of ether oxygens (including phenoxy) is 1. The summed E-state index contributed by atoms with van der Waals surface area (Å²) in [6.07, 6.45) is 1.08. The Hall–Kier alpha value is -1.65. The lowest BCUT2D eigenvalue weighted by Gasteiger charge is -2.03. The van der Waals surface area contributed by atoms with E-state index in [0.717, 1.165) is 6.34 Å². The van der Waals surface area contributed by atoms with Crippen LogP contribution in [0.3, 0.4) is 0 Å². The number of hydrogen-bond acceptors (Lipinski definition) is 2. The van der Waals surface area contributed by atoms with Gasteiger partial charge in [-0.05, 0) is 12.1 Å². The van der Waals surface area contributed by atoms with E-state index in [2.05, 4.69) is 9.73 Å². The Balaban J connectivity index is 2.79. The van der Waals surface area contributed by atoms with Crippen molar-refractivity contribution in [2.75, 3.05) is 0 Å². The molecule has 2 N–H and O–H groups in total. The molecule has 1 rings (SSSR count). The number of benzene rings is 1. The molecule has 0 saturated heterocycles. The van der Waals surface area contributed by atoms with Crippen molar-refractivity contribution in [2.24, 2.45) is 10.7 Å². The highest BCUT2D eigenvalue weighted by molar-refractivity contribution is 5.59. The Morgan fingerprint density at radius 1 is 1.46 bits per heavy atom. The number of hydrogen-bond donors (Lipinski definition) is 1. The summed E-state index contributed by atoms with van der Waals surface area (Å²) < 4.78 is 27.7. The SMILES string of the molecule is NC=Nc1cccc(OC(F)F)c1. The zero-order valence-electron chi connectivity index (χ0n) is 6.65. The number of rotatable bonds is 3. The molecule has 0 aliphatic rings. The zero-order valence-corrected chi connectivity index (χ0v) is 6.65. The predicted molar refractivity (Wildman–Crippen MR) is 45.4 cm³/mol. The number of nitrogens with two attached hydrogens (primary N) is 1. The number of halogens is 2. The maximum atomic E-state index is 11.8. The predicted octanol–water partition coefficient (Wildman–Crippen LogP) is 1.91. The second-order valence-electron chi connectivity index (χ2n) is 2.15. The molecule has 0 amide bonds. The van der Waals surface area contributed by atoms with Gasteiger partial charge in [-0.2, -0.15) is 8.78 Å². The van der Waals surface area contributed by atoms with Crippen LogP contribution in [0, 0.1) is 0 Å². The average molecular weight is 186 g/mol. The lowest BCUT2D eigenvalue weighted by Crippen LogP contribution is -2.01. The fourth-order valence-electron chi connectivity index (χ4n) is 0.826. The van der Waals surface area contributed by atoms with Gasteiger partial charge in [0.1, 0.15) is 5.75 Å². The summed E-state index contributed by atoms with van der Waals surface area (Å²) in [6, 6.07) is 5.97. The molecule has 0 spiro atoms. The van der Waals surface area contributed by atoms with Gasteiger partial charge in [-0.3, -0.25) is 0 Å². The average Bonchev–Trinajstić information content (AvgIpc) is 2.04. The van der Waals surface area contributed by atoms with E-state index in [-0.39, 0.29) is 5.75 Å². The van der Waals surface area contributed by atoms with Crippen molar-refractivity contribution in [1.82, 2.24) is 0 Å². The minimum Gasteiger partial charge on any atom is -0.435 e. The highest BCUT2D eigenvalue weighted by atomic mass is 19.3. The summed E-state index contributed by atoms with van der Waals surface area (Å²) in [5, 5.41) is 0. The molecule has 0 fully saturated rings. The second kappa shape index (κ2) is 4.39. The normalized spacial score (nSPS) is 11.0. The van der Waals surface area contributed by atoms with Crippen LogP contribution < -0.4 is 10.5 Å². The highest BCUT2D eigenvalue weighted by Gasteiger charge is 2.03. The highest BCUT2D eigenvalue weighted by Crippen LogP contribution is 2.20. The van der Waals surface area contributed by atoms with Crippen LogP contribution in [-0.4, -0.2) is 13.0 Å². The zero-order chi connectivity index (χ0) is 9.68. The summed E-state index contributed by atoms with van der Waals surface area (Å²) >= 11 is 0. The first-order valence-corrected chi connectivity index (χ1v) is 3.51. The minimum atomic E-state index is -2.82. The summed E-state index contributed by atoms with van der Waals surface area (Å²) in [4.78, 5) is 3.70. The first-order chi connectivity index (χ1) is 6.22. The second-order valence-corrected chi connectivity index (χ2v) is 2.15. The minimum absolute atomic E-state index is 0.0677. The molecule has 0 saturated carbocycles. The molecule has 0 unspecified atom stereocenters. The standard InChI is InChI=1S/C8H8F2N2O/c9-8(10)13-7-3-1-2-6(4-7)12-5-11/h1-5,8H,(H2,11,12). The van der Waals surface area contributed by atoms with Crippen LogP contribution in [0.4, 0.5) is 14.5 Å². The van der Waals surface area contributed by atoms with Crippen LogP contribution in [0.5, 0.6) is 5.75 Å². The van der Waals surface area contributed by atoms with Gasteiger partial charge in [-0.1, -0.05) is 6.07 Å². The molecule has 5 heteroatoms. The van der Waals surface area contributed by atoms with Crippen LogP contribution >= 0.6 is 0 Å². The van der Waals surface area contributed by atoms with Gasteiger partial charge in [0.05, 0.1) is 12.0 Å². The Kier molecular flexibility index (Phi) is 3.19. The molecule has 0 aliphatic carbocycles. The molecule has 0 heterocycles. The van der Waals surface area contributed by atoms with Crippen LogP contribution in [0.1, 0.15) is 0 Å². The van der Waals surface area contributed by atoms with Gasteiger partial charge in [-0.25, -0.2) is 4.99 Å². The van der Waals surface area contributed by atoms with Crippen molar-refractivity contribution in [2.45, 2.75) is 6.61 Å². The van der Waals surface area contributed by atoms with Crippen LogP contribution in [0.15, 0.2) is 29.3 Å². The maximum absolute atomic E-state index is 11.8. The Labute approximate surface area is 73.8 Å². The summed E-state index contributed by atoms with van der Waals surface area (Å²) in [6.45, 7) is -2.82. The van der Waals surface area contributed by atoms with E-state index in [1.807, 2.05) is 0 Å². The van der Waals surface area contributed by atoms with Crippen molar-refractivity contribution >= 4 is 12.0 Å². The fraction of sp³-hybridized carbons (Fsp3) is 0.125. The van der Waals surface area contributed by atoms with E-state index >= 15 is 0 Å². The Morgan fingerprint density at radius 2 is 2.23 bits per heavy atom. The van der Waals surface area contributed by atoms with E-state index < -0.39 is 6.61 Å². The van der Waals surface area contributed by atoms with E-state index in [1.165, 1.54) is 12.1 Å². The maximum Gasteiger partial charge on any atom is 0.387 e. The first kappa shape index (κ1) is 9.44. The molecular formula is C8H8F2N2O. The molecule has 1 aromatic rings. The third-order valence-corrected chi connectivity index (χ3v) is 1.27. The van der Waals surface area contributed by atoms with Gasteiger partial charge in [0, 0.05) is 6.07 Å². The smallest absolute Gasteiger partial charge is 0.387 e. The van der Waals surface area contributed by atoms with E-state index in [0.29, 0.717) is 5.69 Å². The third-order valence-electron chi connectivity index (χ3n) is 1.27. The Bertz CT molecular complexity index is 302. The molecule has 13 heavy (non-hydrogen) atoms. The van der Waals surface area contributed by atoms with Gasteiger partial charge >= 0.3 is 6.61 Å². The first-order valence-electron chi connectivity index (χ1n) is 3.51. The van der Waals surface area contributed by atoms with Crippen molar-refractivity contribution in [3.63, 3.8) is 0 Å². The summed E-state index contributed by atoms with van der Waals surface area (Å²) in [7, 11) is 0. The summed E-state index contributed by atoms with van der Waals surface area (Å²) in [5.74, 6) is 0.0677. The lowest BCUT2D eigenvalue weighted by molar-refractivity contribution is -0.0498. The largest absolute Gasteiger partial charge is 0.435 e. The van der Waals surface area contributed by atoms with Crippen molar-refractivity contribution < 1.29 is 13.5 Å². The third kappa shape index (κ3) is 3.06. The van der Waals surface area contributed by atoms with Crippen molar-refractivity contribution in [3.05, 3.63) is 24.3 Å². The number of alkyl halides is 2. The molecule has 3 nitrogen and oxygen atoms in total. The quantitative estimate of drug-likeness (QED) is 0.579. The molecule has 0 aliphatic heterocycles. The van der Waals surface area contributed by atoms with Gasteiger partial charge in [-0.15, -0.1) is 0 Å². The molecule has 0 aromatic heterocycles. The molecular weight excluding hydrogens is 178 g/mol. The molecule has 0 bridgehead atoms. The van der Waals surface area contributed by atoms with Crippen LogP contribution in [-0.2, 0) is 0 Å². The van der Waals surface area contributed by atoms with E-state index in [9.17, 15) is 8.78 Å². The van der Waals surface area contributed by atoms with Gasteiger partial charge in [0.25, 0.3) is 0 Å². The number of aliphatic imine (C=N–C) groups is 1. The number of nitrogens with zero attached hydrogens (tertiary/aromatic N) is 1. The van der Waals surface area contributed by atoms with Crippen LogP contribution in [0.2, 0.25) is 0 Å². The molecule has 0 atom stereocenters. The van der Waals surface area contributed by atoms with Gasteiger partial charge < -0.3 is 10.5 Å². The van der Waals surface area contributed by atoms with Gasteiger partial charge in [0.2, 0.25) is 0 Å². The lowest BCUT2D eigenvalue weighted by atomic mass is 10.3. The van der Waals surface area contributed by atoms with E-state index in [4.69, 9.17) is 5.73 Å². The summed E-state index contributed by atoms with van der Waals surface area (Å²) in [5.41, 5.74) is 5.50. The Morgan fingerprint density at radius 3 is 2.85 bits per heavy atom. The fourth-order valence-corrected chi connectivity index (χ4v) is 0.826. The van der Waals surface area contributed by atoms with Crippen molar-refractivity contribution in [3.8, 4) is 5.75 Å². The van der Waals surface area contributed by atoms with Crippen LogP contribution in [0.25, 0.3) is 0 Å². The molecule has 70 valence electrons. The molecule has 0 radical (unpaired) electrons. The van der Waals surface area contributed by atoms with Gasteiger partial charge in [0.15, 0.2) is 0 Å².